The number of amides is 1. The molecule has 0 spiro atoms. The molecule has 1 fully saturated rings. The summed E-state index contributed by atoms with van der Waals surface area (Å²) in [7, 11) is -3.89. The van der Waals surface area contributed by atoms with E-state index < -0.39 is 10.0 Å². The summed E-state index contributed by atoms with van der Waals surface area (Å²) in [4.78, 5) is 14.8. The van der Waals surface area contributed by atoms with Crippen molar-refractivity contribution in [1.29, 1.82) is 0 Å². The van der Waals surface area contributed by atoms with Crippen molar-refractivity contribution >= 4 is 50.5 Å². The summed E-state index contributed by atoms with van der Waals surface area (Å²) in [5, 5.41) is 3.85. The first kappa shape index (κ1) is 22.5. The minimum Gasteiger partial charge on any atom is -0.380 e. The maximum atomic E-state index is 13.0. The Morgan fingerprint density at radius 2 is 1.66 bits per heavy atom. The van der Waals surface area contributed by atoms with Crippen molar-refractivity contribution in [3.8, 4) is 0 Å². The Kier molecular flexibility index (Phi) is 6.60. The largest absolute Gasteiger partial charge is 0.380 e. The van der Waals surface area contributed by atoms with E-state index in [9.17, 15) is 13.2 Å². The maximum Gasteiger partial charge on any atom is 0.261 e. The van der Waals surface area contributed by atoms with Crippen LogP contribution in [0.2, 0.25) is 10.0 Å². The van der Waals surface area contributed by atoms with Crippen molar-refractivity contribution in [2.24, 2.45) is 0 Å². The third kappa shape index (κ3) is 5.18. The van der Waals surface area contributed by atoms with Gasteiger partial charge in [-0.25, -0.2) is 8.42 Å². The van der Waals surface area contributed by atoms with E-state index in [0.29, 0.717) is 24.3 Å². The molecule has 9 heteroatoms. The molecular weight excluding hydrogens is 469 g/mol. The second-order valence-corrected chi connectivity index (χ2v) is 10.0. The fourth-order valence-electron chi connectivity index (χ4n) is 3.59. The van der Waals surface area contributed by atoms with Crippen LogP contribution in [-0.4, -0.2) is 38.4 Å². The van der Waals surface area contributed by atoms with Crippen LogP contribution in [-0.2, 0) is 10.0 Å². The van der Waals surface area contributed by atoms with E-state index in [0.717, 1.165) is 12.1 Å². The SMILES string of the molecule is O=C(c1cccc(NS(=O)(=O)c2ccc(Cl)c(Cl)c2)c1)N1CCC(Nc2ccccc2)C1. The number of halogens is 2. The summed E-state index contributed by atoms with van der Waals surface area (Å²) < 4.78 is 27.9. The van der Waals surface area contributed by atoms with Gasteiger partial charge in [0.2, 0.25) is 0 Å². The van der Waals surface area contributed by atoms with Crippen LogP contribution < -0.4 is 10.0 Å². The number of nitrogens with zero attached hydrogens (tertiary/aromatic N) is 1. The van der Waals surface area contributed by atoms with Crippen LogP contribution >= 0.6 is 23.2 Å². The molecule has 1 saturated heterocycles. The number of hydrogen-bond donors (Lipinski definition) is 2. The smallest absolute Gasteiger partial charge is 0.261 e. The number of para-hydroxylation sites is 1. The highest BCUT2D eigenvalue weighted by molar-refractivity contribution is 7.92. The highest BCUT2D eigenvalue weighted by Gasteiger charge is 2.27. The van der Waals surface area contributed by atoms with E-state index in [-0.39, 0.29) is 26.9 Å². The molecule has 2 N–H and O–H groups in total. The molecular formula is C23H21Cl2N3O3S. The molecule has 0 aromatic heterocycles. The van der Waals surface area contributed by atoms with E-state index >= 15 is 0 Å². The molecule has 1 heterocycles. The molecule has 1 atom stereocenters. The first-order valence-electron chi connectivity index (χ1n) is 10.0. The van der Waals surface area contributed by atoms with Crippen LogP contribution in [0.1, 0.15) is 16.8 Å². The lowest BCUT2D eigenvalue weighted by molar-refractivity contribution is 0.0791. The Morgan fingerprint density at radius 1 is 0.906 bits per heavy atom. The normalized spacial score (nSPS) is 16.1. The Morgan fingerprint density at radius 3 is 2.41 bits per heavy atom. The fraction of sp³-hybridized carbons (Fsp3) is 0.174. The number of carbonyl (C=O) groups excluding carboxylic acids is 1. The lowest BCUT2D eigenvalue weighted by Gasteiger charge is -2.18. The standard InChI is InChI=1S/C23H21Cl2N3O3S/c24-21-10-9-20(14-22(21)25)32(30,31)27-18-8-4-5-16(13-18)23(29)28-12-11-19(15-28)26-17-6-2-1-3-7-17/h1-10,13-14,19,26-27H,11-12,15H2. The summed E-state index contributed by atoms with van der Waals surface area (Å²) in [6.07, 6.45) is 0.838. The Hall–Kier alpha value is -2.74. The van der Waals surface area contributed by atoms with Gasteiger partial charge in [-0.3, -0.25) is 9.52 Å². The van der Waals surface area contributed by atoms with Crippen molar-refractivity contribution in [3.63, 3.8) is 0 Å². The number of sulfonamides is 1. The van der Waals surface area contributed by atoms with Crippen LogP contribution in [0.15, 0.2) is 77.7 Å². The van der Waals surface area contributed by atoms with Crippen LogP contribution in [0, 0.1) is 0 Å². The van der Waals surface area contributed by atoms with Crippen molar-refractivity contribution in [2.45, 2.75) is 17.4 Å². The highest BCUT2D eigenvalue weighted by Crippen LogP contribution is 2.26. The number of carbonyl (C=O) groups is 1. The van der Waals surface area contributed by atoms with E-state index in [2.05, 4.69) is 10.0 Å². The van der Waals surface area contributed by atoms with Crippen molar-refractivity contribution in [2.75, 3.05) is 23.1 Å². The van der Waals surface area contributed by atoms with Crippen LogP contribution in [0.3, 0.4) is 0 Å². The fourth-order valence-corrected chi connectivity index (χ4v) is 5.03. The summed E-state index contributed by atoms with van der Waals surface area (Å²) in [6.45, 7) is 1.20. The molecule has 166 valence electrons. The lowest BCUT2D eigenvalue weighted by Crippen LogP contribution is -2.31. The van der Waals surface area contributed by atoms with Gasteiger partial charge in [0.25, 0.3) is 15.9 Å². The van der Waals surface area contributed by atoms with Crippen LogP contribution in [0.4, 0.5) is 11.4 Å². The molecule has 4 rings (SSSR count). The molecule has 32 heavy (non-hydrogen) atoms. The summed E-state index contributed by atoms with van der Waals surface area (Å²) in [6, 6.07) is 20.6. The molecule has 1 aliphatic heterocycles. The van der Waals surface area contributed by atoms with Gasteiger partial charge in [-0.05, 0) is 55.0 Å². The Bertz CT molecular complexity index is 1240. The number of hydrogen-bond acceptors (Lipinski definition) is 4. The third-order valence-electron chi connectivity index (χ3n) is 5.18. The average Bonchev–Trinajstić information content (AvgIpc) is 3.24. The Balaban J connectivity index is 1.44. The molecule has 0 radical (unpaired) electrons. The van der Waals surface area contributed by atoms with Gasteiger partial charge in [-0.1, -0.05) is 47.5 Å². The van der Waals surface area contributed by atoms with Gasteiger partial charge in [0.05, 0.1) is 14.9 Å². The van der Waals surface area contributed by atoms with Gasteiger partial charge in [-0.15, -0.1) is 0 Å². The monoisotopic (exact) mass is 489 g/mol. The predicted molar refractivity (Wildman–Crippen MR) is 128 cm³/mol. The topological polar surface area (TPSA) is 78.5 Å². The molecule has 3 aromatic carbocycles. The van der Waals surface area contributed by atoms with Gasteiger partial charge >= 0.3 is 0 Å². The van der Waals surface area contributed by atoms with E-state index in [1.165, 1.54) is 24.3 Å². The van der Waals surface area contributed by atoms with Crippen LogP contribution in [0.5, 0.6) is 0 Å². The predicted octanol–water partition coefficient (Wildman–Crippen LogP) is 5.12. The molecule has 6 nitrogen and oxygen atoms in total. The number of nitrogens with one attached hydrogen (secondary N) is 2. The second kappa shape index (κ2) is 9.40. The van der Waals surface area contributed by atoms with Gasteiger partial charge in [0, 0.05) is 36.1 Å². The number of likely N-dealkylation sites (tertiary alicyclic amines) is 1. The van der Waals surface area contributed by atoms with Crippen molar-refractivity contribution in [1.82, 2.24) is 4.90 Å². The summed E-state index contributed by atoms with van der Waals surface area (Å²) in [5.74, 6) is -0.141. The van der Waals surface area contributed by atoms with E-state index in [1.54, 1.807) is 23.1 Å². The van der Waals surface area contributed by atoms with Crippen LogP contribution in [0.25, 0.3) is 0 Å². The molecule has 0 saturated carbocycles. The van der Waals surface area contributed by atoms with E-state index in [4.69, 9.17) is 23.2 Å². The van der Waals surface area contributed by atoms with Gasteiger partial charge < -0.3 is 10.2 Å². The molecule has 1 amide bonds. The zero-order valence-electron chi connectivity index (χ0n) is 17.0. The number of rotatable bonds is 6. The third-order valence-corrected chi connectivity index (χ3v) is 7.30. The van der Waals surface area contributed by atoms with Crippen molar-refractivity contribution < 1.29 is 13.2 Å². The first-order chi connectivity index (χ1) is 15.3. The zero-order chi connectivity index (χ0) is 22.7. The molecule has 0 bridgehead atoms. The highest BCUT2D eigenvalue weighted by atomic mass is 35.5. The Labute approximate surface area is 197 Å². The summed E-state index contributed by atoms with van der Waals surface area (Å²) in [5.41, 5.74) is 1.73. The molecule has 3 aromatic rings. The lowest BCUT2D eigenvalue weighted by atomic mass is 10.2. The minimum absolute atomic E-state index is 0.0157. The zero-order valence-corrected chi connectivity index (χ0v) is 19.3. The van der Waals surface area contributed by atoms with E-state index in [1.807, 2.05) is 30.3 Å². The maximum absolute atomic E-state index is 13.0. The molecule has 1 unspecified atom stereocenters. The first-order valence-corrected chi connectivity index (χ1v) is 12.2. The van der Waals surface area contributed by atoms with Gasteiger partial charge in [0.15, 0.2) is 0 Å². The second-order valence-electron chi connectivity index (χ2n) is 7.51. The van der Waals surface area contributed by atoms with Gasteiger partial charge in [0.1, 0.15) is 0 Å². The minimum atomic E-state index is -3.89. The number of benzene rings is 3. The van der Waals surface area contributed by atoms with Crippen molar-refractivity contribution in [3.05, 3.63) is 88.4 Å². The quantitative estimate of drug-likeness (QED) is 0.503. The van der Waals surface area contributed by atoms with Gasteiger partial charge in [-0.2, -0.15) is 0 Å². The average molecular weight is 490 g/mol. The molecule has 0 aliphatic carbocycles. The molecule has 1 aliphatic rings. The number of anilines is 2. The summed E-state index contributed by atoms with van der Waals surface area (Å²) >= 11 is 11.8.